The van der Waals surface area contributed by atoms with E-state index in [0.717, 1.165) is 0 Å². The molecule has 0 aliphatic rings. The molecule has 0 saturated heterocycles. The van der Waals surface area contributed by atoms with Crippen molar-refractivity contribution in [2.45, 2.75) is 0 Å². The molecule has 0 bridgehead atoms. The van der Waals surface area contributed by atoms with E-state index >= 15 is 0 Å². The van der Waals surface area contributed by atoms with Crippen molar-refractivity contribution in [2.24, 2.45) is 0 Å². The van der Waals surface area contributed by atoms with Crippen molar-refractivity contribution in [3.63, 3.8) is 0 Å². The Morgan fingerprint density at radius 3 is 2.44 bits per heavy atom. The van der Waals surface area contributed by atoms with E-state index in [9.17, 15) is 5.11 Å². The monoisotopic (exact) mass is 123 g/mol. The average Bonchev–Trinajstić information content (AvgIpc) is 1.89. The number of hydrogen-bond donors (Lipinski definition) is 0. The van der Waals surface area contributed by atoms with Crippen molar-refractivity contribution in [3.05, 3.63) is 24.3 Å². The maximum absolute atomic E-state index is 10.7. The zero-order chi connectivity index (χ0) is 6.69. The first-order chi connectivity index (χ1) is 4.34. The fourth-order valence-electron chi connectivity index (χ4n) is 0.619. The lowest BCUT2D eigenvalue weighted by atomic mass is 10.3. The molecule has 0 N–H and O–H groups in total. The molecule has 0 saturated carbocycles. The van der Waals surface area contributed by atoms with Crippen LogP contribution >= 0.6 is 0 Å². The van der Waals surface area contributed by atoms with Crippen molar-refractivity contribution in [3.8, 4) is 11.5 Å². The van der Waals surface area contributed by atoms with Gasteiger partial charge in [-0.1, -0.05) is 12.1 Å². The molecule has 2 nitrogen and oxygen atoms in total. The van der Waals surface area contributed by atoms with Gasteiger partial charge in [0, 0.05) is 0 Å². The summed E-state index contributed by atoms with van der Waals surface area (Å²) in [7, 11) is 1.48. The summed E-state index contributed by atoms with van der Waals surface area (Å²) in [5.74, 6) is 0.331. The standard InChI is InChI=1S/C7H7O2/c1-9-7-5-3-2-4-6(7)8/h2-5H,1H3. The molecule has 0 aliphatic carbocycles. The Labute approximate surface area is 53.7 Å². The first-order valence-electron chi connectivity index (χ1n) is 2.64. The van der Waals surface area contributed by atoms with E-state index in [1.54, 1.807) is 18.2 Å². The highest BCUT2D eigenvalue weighted by Gasteiger charge is 1.97. The molecule has 0 amide bonds. The summed E-state index contributed by atoms with van der Waals surface area (Å²) in [6, 6.07) is 6.56. The van der Waals surface area contributed by atoms with E-state index in [1.807, 2.05) is 0 Å². The second-order valence-corrected chi connectivity index (χ2v) is 1.65. The molecule has 1 radical (unpaired) electrons. The lowest BCUT2D eigenvalue weighted by Crippen LogP contribution is -1.80. The van der Waals surface area contributed by atoms with Crippen LogP contribution in [0.25, 0.3) is 0 Å². The Hall–Kier alpha value is -1.18. The van der Waals surface area contributed by atoms with Crippen molar-refractivity contribution in [2.75, 3.05) is 7.11 Å². The second kappa shape index (κ2) is 2.40. The second-order valence-electron chi connectivity index (χ2n) is 1.65. The fraction of sp³-hybridized carbons (Fsp3) is 0.143. The van der Waals surface area contributed by atoms with E-state index in [2.05, 4.69) is 0 Å². The summed E-state index contributed by atoms with van der Waals surface area (Å²) in [6.45, 7) is 0. The van der Waals surface area contributed by atoms with Crippen molar-refractivity contribution < 1.29 is 9.84 Å². The molecule has 1 aromatic rings. The van der Waals surface area contributed by atoms with Crippen LogP contribution in [-0.4, -0.2) is 7.11 Å². The van der Waals surface area contributed by atoms with Gasteiger partial charge in [0.2, 0.25) is 5.75 Å². The minimum absolute atomic E-state index is 0.0694. The maximum Gasteiger partial charge on any atom is 0.220 e. The van der Waals surface area contributed by atoms with Crippen LogP contribution in [0.15, 0.2) is 24.3 Å². The normalized spacial score (nSPS) is 9.00. The smallest absolute Gasteiger partial charge is 0.220 e. The largest absolute Gasteiger partial charge is 0.493 e. The summed E-state index contributed by atoms with van der Waals surface area (Å²) >= 11 is 0. The lowest BCUT2D eigenvalue weighted by molar-refractivity contribution is 0.315. The third kappa shape index (κ3) is 1.13. The quantitative estimate of drug-likeness (QED) is 0.560. The molecule has 0 aromatic heterocycles. The Bertz CT molecular complexity index is 196. The van der Waals surface area contributed by atoms with Crippen LogP contribution < -0.4 is 4.74 Å². The van der Waals surface area contributed by atoms with Crippen LogP contribution in [-0.2, 0) is 5.11 Å². The van der Waals surface area contributed by atoms with Crippen LogP contribution in [0.5, 0.6) is 11.5 Å². The number of rotatable bonds is 1. The van der Waals surface area contributed by atoms with Crippen molar-refractivity contribution in [1.29, 1.82) is 0 Å². The van der Waals surface area contributed by atoms with E-state index in [0.29, 0.717) is 5.75 Å². The summed E-state index contributed by atoms with van der Waals surface area (Å²) in [6.07, 6.45) is 0. The number of hydrogen-bond acceptors (Lipinski definition) is 1. The molecule has 2 heteroatoms. The molecule has 9 heavy (non-hydrogen) atoms. The summed E-state index contributed by atoms with van der Waals surface area (Å²) in [5.41, 5.74) is 0. The molecular formula is C7H7O2. The third-order valence-corrected chi connectivity index (χ3v) is 1.07. The van der Waals surface area contributed by atoms with Gasteiger partial charge in [0.1, 0.15) is 0 Å². The Morgan fingerprint density at radius 1 is 1.33 bits per heavy atom. The van der Waals surface area contributed by atoms with E-state index in [4.69, 9.17) is 4.74 Å². The molecule has 1 aromatic carbocycles. The highest BCUT2D eigenvalue weighted by atomic mass is 16.5. The Morgan fingerprint density at radius 2 is 2.00 bits per heavy atom. The van der Waals surface area contributed by atoms with Crippen LogP contribution in [0.1, 0.15) is 0 Å². The van der Waals surface area contributed by atoms with Gasteiger partial charge in [0.15, 0.2) is 5.75 Å². The molecular weight excluding hydrogens is 116 g/mol. The predicted molar refractivity (Wildman–Crippen MR) is 33.1 cm³/mol. The minimum atomic E-state index is -0.0694. The van der Waals surface area contributed by atoms with Gasteiger partial charge in [0.05, 0.1) is 7.11 Å². The van der Waals surface area contributed by atoms with Gasteiger partial charge in [-0.25, -0.2) is 0 Å². The molecule has 1 rings (SSSR count). The van der Waals surface area contributed by atoms with E-state index < -0.39 is 0 Å². The van der Waals surface area contributed by atoms with Crippen LogP contribution in [0.2, 0.25) is 0 Å². The zero-order valence-corrected chi connectivity index (χ0v) is 5.13. The third-order valence-electron chi connectivity index (χ3n) is 1.07. The number of para-hydroxylation sites is 2. The molecule has 0 unspecified atom stereocenters. The molecule has 0 heterocycles. The molecule has 47 valence electrons. The SMILES string of the molecule is COc1ccccc1[O]. The Balaban J connectivity index is 3.01. The fourth-order valence-corrected chi connectivity index (χ4v) is 0.619. The van der Waals surface area contributed by atoms with Gasteiger partial charge in [-0.2, -0.15) is 0 Å². The maximum atomic E-state index is 10.7. The van der Waals surface area contributed by atoms with Crippen LogP contribution in [0.4, 0.5) is 0 Å². The van der Waals surface area contributed by atoms with Gasteiger partial charge in [-0.3, -0.25) is 5.11 Å². The highest BCUT2D eigenvalue weighted by molar-refractivity contribution is 5.37. The van der Waals surface area contributed by atoms with E-state index in [-0.39, 0.29) is 5.75 Å². The zero-order valence-electron chi connectivity index (χ0n) is 5.13. The average molecular weight is 123 g/mol. The van der Waals surface area contributed by atoms with Gasteiger partial charge in [-0.15, -0.1) is 0 Å². The topological polar surface area (TPSA) is 29.1 Å². The molecule has 0 aliphatic heterocycles. The van der Waals surface area contributed by atoms with Crippen LogP contribution in [0, 0.1) is 0 Å². The van der Waals surface area contributed by atoms with Crippen LogP contribution in [0.3, 0.4) is 0 Å². The lowest BCUT2D eigenvalue weighted by Gasteiger charge is -1.96. The van der Waals surface area contributed by atoms with E-state index in [1.165, 1.54) is 13.2 Å². The number of benzene rings is 1. The van der Waals surface area contributed by atoms with Gasteiger partial charge < -0.3 is 4.74 Å². The molecule has 0 spiro atoms. The number of methoxy groups -OCH3 is 1. The summed E-state index contributed by atoms with van der Waals surface area (Å²) < 4.78 is 4.73. The molecule has 0 atom stereocenters. The first-order valence-corrected chi connectivity index (χ1v) is 2.64. The highest BCUT2D eigenvalue weighted by Crippen LogP contribution is 2.23. The Kier molecular flexibility index (Phi) is 1.58. The van der Waals surface area contributed by atoms with Crippen molar-refractivity contribution >= 4 is 0 Å². The first kappa shape index (κ1) is 5.95. The van der Waals surface area contributed by atoms with Gasteiger partial charge in [0.25, 0.3) is 0 Å². The minimum Gasteiger partial charge on any atom is -0.493 e. The van der Waals surface area contributed by atoms with Crippen molar-refractivity contribution in [1.82, 2.24) is 0 Å². The van der Waals surface area contributed by atoms with Gasteiger partial charge in [-0.05, 0) is 12.1 Å². The predicted octanol–water partition coefficient (Wildman–Crippen LogP) is 1.84. The summed E-state index contributed by atoms with van der Waals surface area (Å²) in [5, 5.41) is 10.7. The summed E-state index contributed by atoms with van der Waals surface area (Å²) in [4.78, 5) is 0. The van der Waals surface area contributed by atoms with Gasteiger partial charge >= 0.3 is 0 Å². The molecule has 0 fully saturated rings. The number of ether oxygens (including phenoxy) is 1.